The molecule has 0 spiro atoms. The second kappa shape index (κ2) is 6.96. The third-order valence-corrected chi connectivity index (χ3v) is 4.37. The molecule has 118 valence electrons. The van der Waals surface area contributed by atoms with Gasteiger partial charge in [0.15, 0.2) is 0 Å². The Kier molecular flexibility index (Phi) is 5.26. The van der Waals surface area contributed by atoms with Gasteiger partial charge in [0.05, 0.1) is 11.9 Å². The van der Waals surface area contributed by atoms with Gasteiger partial charge in [-0.25, -0.2) is 0 Å². The first-order valence-corrected chi connectivity index (χ1v) is 8.05. The maximum Gasteiger partial charge on any atom is 0.226 e. The minimum Gasteiger partial charge on any atom is -0.365 e. The number of aryl methyl sites for hydroxylation is 1. The first-order valence-electron chi connectivity index (χ1n) is 8.05. The summed E-state index contributed by atoms with van der Waals surface area (Å²) in [4.78, 5) is 17.0. The smallest absolute Gasteiger partial charge is 0.226 e. The molecule has 2 heterocycles. The predicted octanol–water partition coefficient (Wildman–Crippen LogP) is 2.14. The molecule has 2 rings (SSSR count). The van der Waals surface area contributed by atoms with Gasteiger partial charge >= 0.3 is 0 Å². The van der Waals surface area contributed by atoms with Crippen LogP contribution in [0.1, 0.15) is 33.6 Å². The molecule has 5 heteroatoms. The number of nitrogens with zero attached hydrogens (tertiary/aromatic N) is 4. The summed E-state index contributed by atoms with van der Waals surface area (Å²) in [7, 11) is 1.93. The number of anilines is 1. The monoisotopic (exact) mass is 292 g/mol. The molecule has 0 saturated carbocycles. The van der Waals surface area contributed by atoms with Crippen LogP contribution in [0, 0.1) is 11.8 Å². The highest BCUT2D eigenvalue weighted by molar-refractivity contribution is 5.79. The summed E-state index contributed by atoms with van der Waals surface area (Å²) >= 11 is 0. The first-order chi connectivity index (χ1) is 10.0. The minimum absolute atomic E-state index is 0.181. The van der Waals surface area contributed by atoms with Crippen molar-refractivity contribution in [1.82, 2.24) is 14.7 Å². The summed E-state index contributed by atoms with van der Waals surface area (Å²) in [5, 5.41) is 4.22. The maximum atomic E-state index is 12.7. The highest BCUT2D eigenvalue weighted by atomic mass is 16.2. The van der Waals surface area contributed by atoms with Gasteiger partial charge in [0.1, 0.15) is 0 Å². The molecular formula is C16H28N4O. The fourth-order valence-electron chi connectivity index (χ4n) is 3.04. The maximum absolute atomic E-state index is 12.7. The molecule has 1 aromatic rings. The van der Waals surface area contributed by atoms with Crippen molar-refractivity contribution in [3.05, 3.63) is 12.4 Å². The van der Waals surface area contributed by atoms with Gasteiger partial charge < -0.3 is 9.80 Å². The molecule has 0 radical (unpaired) electrons. The van der Waals surface area contributed by atoms with Gasteiger partial charge in [0, 0.05) is 45.3 Å². The third-order valence-electron chi connectivity index (χ3n) is 4.37. The Morgan fingerprint density at radius 2 is 1.95 bits per heavy atom. The van der Waals surface area contributed by atoms with E-state index < -0.39 is 0 Å². The van der Waals surface area contributed by atoms with Crippen molar-refractivity contribution in [2.75, 3.05) is 31.1 Å². The van der Waals surface area contributed by atoms with Crippen LogP contribution in [0.4, 0.5) is 5.69 Å². The first kappa shape index (κ1) is 15.9. The van der Waals surface area contributed by atoms with E-state index in [0.717, 1.165) is 44.7 Å². The summed E-state index contributed by atoms with van der Waals surface area (Å²) in [5.41, 5.74) is 1.15. The Morgan fingerprint density at radius 3 is 2.43 bits per heavy atom. The molecule has 5 nitrogen and oxygen atoms in total. The lowest BCUT2D eigenvalue weighted by Crippen LogP contribution is -2.51. The second-order valence-corrected chi connectivity index (χ2v) is 6.32. The van der Waals surface area contributed by atoms with Gasteiger partial charge in [-0.3, -0.25) is 9.48 Å². The van der Waals surface area contributed by atoms with E-state index in [2.05, 4.69) is 30.8 Å². The normalized spacial score (nSPS) is 17.4. The standard InChI is InChI=1S/C16H28N4O/c1-5-6-15(13(2)3)16(21)20-9-7-19(8-10-20)14-11-17-18(4)12-14/h11-13,15H,5-10H2,1-4H3. The number of rotatable bonds is 5. The summed E-state index contributed by atoms with van der Waals surface area (Å²) in [6, 6.07) is 0. The second-order valence-electron chi connectivity index (χ2n) is 6.32. The van der Waals surface area contributed by atoms with Crippen LogP contribution in [0.5, 0.6) is 0 Å². The quantitative estimate of drug-likeness (QED) is 0.835. The van der Waals surface area contributed by atoms with Gasteiger partial charge in [-0.1, -0.05) is 27.2 Å². The highest BCUT2D eigenvalue weighted by Gasteiger charge is 2.29. The van der Waals surface area contributed by atoms with Gasteiger partial charge in [-0.2, -0.15) is 5.10 Å². The van der Waals surface area contributed by atoms with Crippen LogP contribution < -0.4 is 4.90 Å². The molecule has 21 heavy (non-hydrogen) atoms. The molecule has 1 saturated heterocycles. The minimum atomic E-state index is 0.181. The topological polar surface area (TPSA) is 41.4 Å². The Morgan fingerprint density at radius 1 is 1.29 bits per heavy atom. The van der Waals surface area contributed by atoms with Crippen molar-refractivity contribution >= 4 is 11.6 Å². The third kappa shape index (κ3) is 3.77. The van der Waals surface area contributed by atoms with Crippen LogP contribution in [0.25, 0.3) is 0 Å². The summed E-state index contributed by atoms with van der Waals surface area (Å²) in [6.45, 7) is 9.90. The fourth-order valence-corrected chi connectivity index (χ4v) is 3.04. The van der Waals surface area contributed by atoms with Crippen LogP contribution >= 0.6 is 0 Å². The van der Waals surface area contributed by atoms with E-state index in [1.165, 1.54) is 0 Å². The van der Waals surface area contributed by atoms with Crippen LogP contribution in [0.2, 0.25) is 0 Å². The van der Waals surface area contributed by atoms with Gasteiger partial charge in [0.25, 0.3) is 0 Å². The van der Waals surface area contributed by atoms with Crippen molar-refractivity contribution in [3.63, 3.8) is 0 Å². The molecule has 0 bridgehead atoms. The van der Waals surface area contributed by atoms with E-state index in [4.69, 9.17) is 0 Å². The lowest BCUT2D eigenvalue weighted by Gasteiger charge is -2.37. The molecule has 1 amide bonds. The average molecular weight is 292 g/mol. The number of hydrogen-bond donors (Lipinski definition) is 0. The molecule has 1 aliphatic rings. The number of hydrogen-bond acceptors (Lipinski definition) is 3. The largest absolute Gasteiger partial charge is 0.365 e. The van der Waals surface area contributed by atoms with Crippen LogP contribution in [-0.4, -0.2) is 46.8 Å². The summed E-state index contributed by atoms with van der Waals surface area (Å²) in [5.74, 6) is 0.950. The zero-order valence-electron chi connectivity index (χ0n) is 13.7. The lowest BCUT2D eigenvalue weighted by atomic mass is 9.90. The molecule has 1 aromatic heterocycles. The van der Waals surface area contributed by atoms with Crippen LogP contribution in [0.3, 0.4) is 0 Å². The molecule has 1 fully saturated rings. The van der Waals surface area contributed by atoms with E-state index in [-0.39, 0.29) is 5.92 Å². The average Bonchev–Trinajstić information content (AvgIpc) is 2.90. The Bertz CT molecular complexity index is 461. The van der Waals surface area contributed by atoms with Gasteiger partial charge in [-0.05, 0) is 12.3 Å². The van der Waals surface area contributed by atoms with Crippen molar-refractivity contribution in [1.29, 1.82) is 0 Å². The van der Waals surface area contributed by atoms with E-state index in [9.17, 15) is 4.79 Å². The number of aromatic nitrogens is 2. The summed E-state index contributed by atoms with van der Waals surface area (Å²) in [6.07, 6.45) is 6.00. The molecule has 0 aromatic carbocycles. The van der Waals surface area contributed by atoms with Crippen molar-refractivity contribution < 1.29 is 4.79 Å². The van der Waals surface area contributed by atoms with Crippen LogP contribution in [0.15, 0.2) is 12.4 Å². The molecule has 0 aliphatic carbocycles. The van der Waals surface area contributed by atoms with E-state index in [0.29, 0.717) is 11.8 Å². The van der Waals surface area contributed by atoms with Crippen molar-refractivity contribution in [2.45, 2.75) is 33.6 Å². The van der Waals surface area contributed by atoms with E-state index in [1.807, 2.05) is 29.0 Å². The number of amides is 1. The number of carbonyl (C=O) groups excluding carboxylic acids is 1. The predicted molar refractivity (Wildman–Crippen MR) is 85.2 cm³/mol. The summed E-state index contributed by atoms with van der Waals surface area (Å²) < 4.78 is 1.82. The lowest BCUT2D eigenvalue weighted by molar-refractivity contribution is -0.137. The zero-order valence-corrected chi connectivity index (χ0v) is 13.7. The Hall–Kier alpha value is -1.52. The number of carbonyl (C=O) groups is 1. The van der Waals surface area contributed by atoms with Gasteiger partial charge in [0.2, 0.25) is 5.91 Å². The zero-order chi connectivity index (χ0) is 15.4. The SMILES string of the molecule is CCCC(C(=O)N1CCN(c2cnn(C)c2)CC1)C(C)C. The molecule has 1 atom stereocenters. The van der Waals surface area contributed by atoms with E-state index in [1.54, 1.807) is 0 Å². The Balaban J connectivity index is 1.92. The van der Waals surface area contributed by atoms with Crippen LogP contribution in [-0.2, 0) is 11.8 Å². The molecule has 0 N–H and O–H groups in total. The fraction of sp³-hybridized carbons (Fsp3) is 0.750. The van der Waals surface area contributed by atoms with Crippen molar-refractivity contribution in [3.8, 4) is 0 Å². The van der Waals surface area contributed by atoms with Crippen molar-refractivity contribution in [2.24, 2.45) is 18.9 Å². The highest BCUT2D eigenvalue weighted by Crippen LogP contribution is 2.22. The van der Waals surface area contributed by atoms with Gasteiger partial charge in [-0.15, -0.1) is 0 Å². The molecule has 1 aliphatic heterocycles. The molecular weight excluding hydrogens is 264 g/mol. The Labute approximate surface area is 127 Å². The number of piperazine rings is 1. The van der Waals surface area contributed by atoms with E-state index >= 15 is 0 Å². The molecule has 1 unspecified atom stereocenters.